The fraction of sp³-hybridized carbons (Fsp3) is 0.250. The first-order chi connectivity index (χ1) is 14.9. The third-order valence-corrected chi connectivity index (χ3v) is 4.80. The third kappa shape index (κ3) is 5.62. The molecule has 0 aliphatic carbocycles. The molecule has 0 spiro atoms. The Kier molecular flexibility index (Phi) is 7.27. The third-order valence-electron chi connectivity index (χ3n) is 4.54. The van der Waals surface area contributed by atoms with E-state index >= 15 is 0 Å². The van der Waals surface area contributed by atoms with Crippen LogP contribution in [-0.4, -0.2) is 60.1 Å². The number of halogens is 2. The van der Waals surface area contributed by atoms with Gasteiger partial charge in [-0.3, -0.25) is 14.6 Å². The van der Waals surface area contributed by atoms with E-state index in [1.807, 2.05) is 0 Å². The number of nitrogens with one attached hydrogen (secondary N) is 3. The minimum atomic E-state index is -1.20. The SMILES string of the molecule is NCCNC(=O)C1N(C(=O)Nc2ccc(Cl)cc2)CCN1C(=O)Nc1cccc(F)c1. The second-order valence-electron chi connectivity index (χ2n) is 6.72. The van der Waals surface area contributed by atoms with Gasteiger partial charge in [0, 0.05) is 42.6 Å². The lowest BCUT2D eigenvalue weighted by molar-refractivity contribution is -0.127. The number of amides is 5. The maximum absolute atomic E-state index is 13.4. The van der Waals surface area contributed by atoms with Crippen LogP contribution in [0.25, 0.3) is 0 Å². The van der Waals surface area contributed by atoms with Crippen LogP contribution in [0.15, 0.2) is 48.5 Å². The van der Waals surface area contributed by atoms with Gasteiger partial charge in [-0.2, -0.15) is 0 Å². The molecule has 11 heteroatoms. The molecule has 5 amide bonds. The van der Waals surface area contributed by atoms with E-state index in [2.05, 4.69) is 16.0 Å². The quantitative estimate of drug-likeness (QED) is 0.560. The Labute approximate surface area is 183 Å². The van der Waals surface area contributed by atoms with Gasteiger partial charge in [0.05, 0.1) is 0 Å². The maximum Gasteiger partial charge on any atom is 0.323 e. The molecule has 9 nitrogen and oxygen atoms in total. The van der Waals surface area contributed by atoms with Crippen LogP contribution in [0.1, 0.15) is 0 Å². The van der Waals surface area contributed by atoms with E-state index in [-0.39, 0.29) is 31.9 Å². The van der Waals surface area contributed by atoms with E-state index < -0.39 is 30.0 Å². The molecule has 1 aliphatic heterocycles. The molecule has 1 aliphatic rings. The summed E-state index contributed by atoms with van der Waals surface area (Å²) in [5.41, 5.74) is 6.16. The van der Waals surface area contributed by atoms with E-state index in [0.29, 0.717) is 10.7 Å². The topological polar surface area (TPSA) is 120 Å². The number of urea groups is 2. The Balaban J connectivity index is 1.77. The summed E-state index contributed by atoms with van der Waals surface area (Å²) in [6.45, 7) is 0.610. The number of carbonyl (C=O) groups excluding carboxylic acids is 3. The zero-order valence-electron chi connectivity index (χ0n) is 16.5. The average molecular weight is 449 g/mol. The Morgan fingerprint density at radius 2 is 1.61 bits per heavy atom. The Morgan fingerprint density at radius 3 is 2.19 bits per heavy atom. The highest BCUT2D eigenvalue weighted by atomic mass is 35.5. The van der Waals surface area contributed by atoms with Crippen LogP contribution < -0.4 is 21.7 Å². The largest absolute Gasteiger partial charge is 0.351 e. The number of hydrogen-bond acceptors (Lipinski definition) is 4. The van der Waals surface area contributed by atoms with Gasteiger partial charge in [-0.15, -0.1) is 0 Å². The lowest BCUT2D eigenvalue weighted by Gasteiger charge is -2.29. The molecule has 164 valence electrons. The highest BCUT2D eigenvalue weighted by Gasteiger charge is 2.42. The van der Waals surface area contributed by atoms with Crippen LogP contribution in [0.4, 0.5) is 25.4 Å². The molecule has 2 aromatic carbocycles. The highest BCUT2D eigenvalue weighted by molar-refractivity contribution is 6.30. The van der Waals surface area contributed by atoms with Crippen LogP contribution >= 0.6 is 11.6 Å². The molecule has 0 aromatic heterocycles. The normalized spacial score (nSPS) is 15.5. The van der Waals surface area contributed by atoms with Gasteiger partial charge in [0.2, 0.25) is 0 Å². The summed E-state index contributed by atoms with van der Waals surface area (Å²) in [6, 6.07) is 10.6. The van der Waals surface area contributed by atoms with Gasteiger partial charge in [0.15, 0.2) is 6.17 Å². The monoisotopic (exact) mass is 448 g/mol. The number of nitrogens with zero attached hydrogens (tertiary/aromatic N) is 2. The first-order valence-electron chi connectivity index (χ1n) is 9.53. The summed E-state index contributed by atoms with van der Waals surface area (Å²) in [7, 11) is 0. The smallest absolute Gasteiger partial charge is 0.323 e. The Hall–Kier alpha value is -3.37. The van der Waals surface area contributed by atoms with E-state index in [9.17, 15) is 18.8 Å². The lowest BCUT2D eigenvalue weighted by Crippen LogP contribution is -2.55. The van der Waals surface area contributed by atoms with E-state index in [4.69, 9.17) is 17.3 Å². The van der Waals surface area contributed by atoms with E-state index in [1.54, 1.807) is 24.3 Å². The van der Waals surface area contributed by atoms with Gasteiger partial charge >= 0.3 is 12.1 Å². The zero-order valence-corrected chi connectivity index (χ0v) is 17.2. The van der Waals surface area contributed by atoms with Crippen LogP contribution in [0.3, 0.4) is 0 Å². The Morgan fingerprint density at radius 1 is 1.00 bits per heavy atom. The van der Waals surface area contributed by atoms with Crippen LogP contribution in [0.5, 0.6) is 0 Å². The molecule has 2 aromatic rings. The van der Waals surface area contributed by atoms with Crippen molar-refractivity contribution in [1.29, 1.82) is 0 Å². The first-order valence-corrected chi connectivity index (χ1v) is 9.91. The summed E-state index contributed by atoms with van der Waals surface area (Å²) in [6.07, 6.45) is -1.20. The molecule has 5 N–H and O–H groups in total. The molecule has 1 saturated heterocycles. The summed E-state index contributed by atoms with van der Waals surface area (Å²) in [5.74, 6) is -1.07. The van der Waals surface area contributed by atoms with Crippen molar-refractivity contribution in [3.05, 3.63) is 59.4 Å². The number of anilines is 2. The number of carbonyl (C=O) groups is 3. The van der Waals surface area contributed by atoms with Crippen molar-refractivity contribution in [2.75, 3.05) is 36.8 Å². The van der Waals surface area contributed by atoms with E-state index in [0.717, 1.165) is 6.07 Å². The fourth-order valence-corrected chi connectivity index (χ4v) is 3.24. The van der Waals surface area contributed by atoms with E-state index in [1.165, 1.54) is 28.0 Å². The van der Waals surface area contributed by atoms with Crippen molar-refractivity contribution in [2.45, 2.75) is 6.17 Å². The summed E-state index contributed by atoms with van der Waals surface area (Å²) < 4.78 is 13.4. The molecule has 3 rings (SSSR count). The van der Waals surface area contributed by atoms with Crippen molar-refractivity contribution < 1.29 is 18.8 Å². The van der Waals surface area contributed by atoms with Gasteiger partial charge in [-0.1, -0.05) is 17.7 Å². The van der Waals surface area contributed by atoms with Gasteiger partial charge in [-0.05, 0) is 42.5 Å². The standard InChI is InChI=1S/C20H22ClFN6O3/c21-13-4-6-15(7-5-13)25-19(30)27-10-11-28(18(27)17(29)24-9-8-23)20(31)26-16-3-1-2-14(22)12-16/h1-7,12,18H,8-11,23H2,(H,24,29)(H,25,30)(H,26,31). The molecule has 0 bridgehead atoms. The summed E-state index contributed by atoms with van der Waals surface area (Å²) in [5, 5.41) is 8.35. The average Bonchev–Trinajstić information content (AvgIpc) is 3.19. The molecular weight excluding hydrogens is 427 g/mol. The van der Waals surface area contributed by atoms with Crippen LogP contribution in [0, 0.1) is 5.82 Å². The second-order valence-corrected chi connectivity index (χ2v) is 7.15. The molecule has 31 heavy (non-hydrogen) atoms. The minimum absolute atomic E-state index is 0.107. The van der Waals surface area contributed by atoms with Crippen molar-refractivity contribution in [3.8, 4) is 0 Å². The fourth-order valence-electron chi connectivity index (χ4n) is 3.11. The summed E-state index contributed by atoms with van der Waals surface area (Å²) >= 11 is 5.86. The molecule has 0 radical (unpaired) electrons. The number of nitrogens with two attached hydrogens (primary N) is 1. The number of hydrogen-bond donors (Lipinski definition) is 4. The lowest BCUT2D eigenvalue weighted by atomic mass is 10.3. The zero-order chi connectivity index (χ0) is 22.4. The van der Waals surface area contributed by atoms with Crippen LogP contribution in [-0.2, 0) is 4.79 Å². The van der Waals surface area contributed by atoms with Crippen molar-refractivity contribution >= 4 is 40.9 Å². The van der Waals surface area contributed by atoms with Crippen molar-refractivity contribution in [2.24, 2.45) is 5.73 Å². The number of rotatable bonds is 5. The van der Waals surface area contributed by atoms with Crippen molar-refractivity contribution in [3.63, 3.8) is 0 Å². The van der Waals surface area contributed by atoms with Crippen LogP contribution in [0.2, 0.25) is 5.02 Å². The number of benzene rings is 2. The van der Waals surface area contributed by atoms with Gasteiger partial charge in [-0.25, -0.2) is 14.0 Å². The van der Waals surface area contributed by atoms with Gasteiger partial charge in [0.1, 0.15) is 5.82 Å². The predicted octanol–water partition coefficient (Wildman–Crippen LogP) is 2.26. The molecular formula is C20H22ClFN6O3. The maximum atomic E-state index is 13.4. The van der Waals surface area contributed by atoms with Gasteiger partial charge in [0.25, 0.3) is 5.91 Å². The first kappa shape index (κ1) is 22.3. The minimum Gasteiger partial charge on any atom is -0.351 e. The van der Waals surface area contributed by atoms with Crippen molar-refractivity contribution in [1.82, 2.24) is 15.1 Å². The summed E-state index contributed by atoms with van der Waals surface area (Å²) in [4.78, 5) is 40.8. The Bertz CT molecular complexity index is 958. The molecule has 1 atom stereocenters. The molecule has 1 unspecified atom stereocenters. The highest BCUT2D eigenvalue weighted by Crippen LogP contribution is 2.20. The molecule has 1 heterocycles. The second kappa shape index (κ2) is 10.1. The molecule has 1 fully saturated rings. The van der Waals surface area contributed by atoms with Gasteiger partial charge < -0.3 is 21.7 Å². The predicted molar refractivity (Wildman–Crippen MR) is 115 cm³/mol. The molecule has 0 saturated carbocycles.